The number of nitrogens with zero attached hydrogens (tertiary/aromatic N) is 1. The minimum Gasteiger partial charge on any atom is -0.345 e. The number of nitrogens with one attached hydrogen (secondary N) is 1. The Labute approximate surface area is 94.7 Å². The van der Waals surface area contributed by atoms with Gasteiger partial charge in [-0.3, -0.25) is 4.99 Å². The zero-order chi connectivity index (χ0) is 10.7. The van der Waals surface area contributed by atoms with E-state index in [1.54, 1.807) is 0 Å². The molecule has 3 heteroatoms. The lowest BCUT2D eigenvalue weighted by molar-refractivity contribution is 0.751. The first-order valence-corrected chi connectivity index (χ1v) is 5.44. The molecule has 2 rings (SSSR count). The topological polar surface area (TPSA) is 24.4 Å². The highest BCUT2D eigenvalue weighted by atomic mass is 35.5. The number of rotatable bonds is 2. The average molecular weight is 221 g/mol. The normalized spacial score (nSPS) is 20.3. The third-order valence-corrected chi connectivity index (χ3v) is 2.74. The van der Waals surface area contributed by atoms with Crippen molar-refractivity contribution >= 4 is 17.4 Å². The van der Waals surface area contributed by atoms with Crippen LogP contribution in [0.2, 0.25) is 0 Å². The Kier molecular flexibility index (Phi) is 3.07. The molecular formula is C12H13ClN2. The molecule has 1 aliphatic heterocycles. The average Bonchev–Trinajstić information content (AvgIpc) is 2.31. The van der Waals surface area contributed by atoms with E-state index in [-0.39, 0.29) is 6.04 Å². The summed E-state index contributed by atoms with van der Waals surface area (Å²) in [4.78, 5) is 4.56. The van der Waals surface area contributed by atoms with Crippen LogP contribution in [-0.4, -0.2) is 11.9 Å². The molecule has 1 aromatic rings. The fourth-order valence-electron chi connectivity index (χ4n) is 1.53. The number of amidine groups is 1. The molecule has 1 N–H and O–H groups in total. The summed E-state index contributed by atoms with van der Waals surface area (Å²) < 4.78 is 0. The van der Waals surface area contributed by atoms with Crippen LogP contribution in [0.25, 0.3) is 0 Å². The highest BCUT2D eigenvalue weighted by molar-refractivity contribution is 6.30. The van der Waals surface area contributed by atoms with E-state index in [4.69, 9.17) is 11.6 Å². The van der Waals surface area contributed by atoms with Crippen molar-refractivity contribution in [3.05, 3.63) is 47.1 Å². The first kappa shape index (κ1) is 10.2. The van der Waals surface area contributed by atoms with E-state index in [0.29, 0.717) is 0 Å². The predicted octanol–water partition coefficient (Wildman–Crippen LogP) is 2.90. The van der Waals surface area contributed by atoms with Crippen molar-refractivity contribution in [2.45, 2.75) is 19.4 Å². The van der Waals surface area contributed by atoms with Gasteiger partial charge in [0.15, 0.2) is 0 Å². The van der Waals surface area contributed by atoms with Gasteiger partial charge in [-0.25, -0.2) is 0 Å². The first-order chi connectivity index (χ1) is 7.31. The molecule has 0 aromatic heterocycles. The van der Waals surface area contributed by atoms with Gasteiger partial charge in [0.2, 0.25) is 0 Å². The molecule has 0 bridgehead atoms. The second-order valence-electron chi connectivity index (χ2n) is 3.44. The smallest absolute Gasteiger partial charge is 0.132 e. The van der Waals surface area contributed by atoms with Gasteiger partial charge in [0.25, 0.3) is 0 Å². The van der Waals surface area contributed by atoms with E-state index in [0.717, 1.165) is 22.9 Å². The molecule has 0 fully saturated rings. The molecule has 15 heavy (non-hydrogen) atoms. The second kappa shape index (κ2) is 4.49. The summed E-state index contributed by atoms with van der Waals surface area (Å²) in [6.45, 7) is 2.08. The third-order valence-electron chi connectivity index (χ3n) is 2.38. The first-order valence-electron chi connectivity index (χ1n) is 5.06. The Morgan fingerprint density at radius 3 is 2.73 bits per heavy atom. The lowest BCUT2D eigenvalue weighted by Gasteiger charge is -2.18. The molecule has 0 spiro atoms. The Bertz CT molecular complexity index is 395. The second-order valence-corrected chi connectivity index (χ2v) is 3.88. The summed E-state index contributed by atoms with van der Waals surface area (Å²) in [7, 11) is 0. The lowest BCUT2D eigenvalue weighted by Crippen LogP contribution is -2.27. The van der Waals surface area contributed by atoms with Crippen LogP contribution in [0.4, 0.5) is 0 Å². The van der Waals surface area contributed by atoms with E-state index in [1.165, 1.54) is 0 Å². The van der Waals surface area contributed by atoms with Crippen molar-refractivity contribution in [1.82, 2.24) is 5.32 Å². The van der Waals surface area contributed by atoms with E-state index in [1.807, 2.05) is 36.5 Å². The van der Waals surface area contributed by atoms with Crippen LogP contribution in [0.5, 0.6) is 0 Å². The fourth-order valence-corrected chi connectivity index (χ4v) is 1.79. The number of halogens is 1. The lowest BCUT2D eigenvalue weighted by atomic mass is 10.1. The Hall–Kier alpha value is -1.28. The number of hydrogen-bond acceptors (Lipinski definition) is 2. The quantitative estimate of drug-likeness (QED) is 0.815. The Morgan fingerprint density at radius 2 is 2.07 bits per heavy atom. The van der Waals surface area contributed by atoms with Crippen molar-refractivity contribution < 1.29 is 0 Å². The van der Waals surface area contributed by atoms with Crippen molar-refractivity contribution in [2.24, 2.45) is 4.99 Å². The highest BCUT2D eigenvalue weighted by Crippen LogP contribution is 2.18. The molecule has 0 radical (unpaired) electrons. The summed E-state index contributed by atoms with van der Waals surface area (Å²) in [6, 6.07) is 10.2. The molecule has 1 aliphatic rings. The molecule has 1 unspecified atom stereocenters. The van der Waals surface area contributed by atoms with Gasteiger partial charge in [0.05, 0.1) is 11.1 Å². The van der Waals surface area contributed by atoms with Gasteiger partial charge in [-0.05, 0) is 6.42 Å². The molecule has 1 aromatic carbocycles. The van der Waals surface area contributed by atoms with Crippen LogP contribution in [0.15, 0.2) is 46.6 Å². The van der Waals surface area contributed by atoms with Crippen LogP contribution in [0, 0.1) is 0 Å². The maximum Gasteiger partial charge on any atom is 0.132 e. The highest BCUT2D eigenvalue weighted by Gasteiger charge is 2.15. The molecule has 1 heterocycles. The zero-order valence-electron chi connectivity index (χ0n) is 8.57. The predicted molar refractivity (Wildman–Crippen MR) is 64.1 cm³/mol. The number of aliphatic imine (C=N–C) groups is 1. The Balaban J connectivity index is 2.26. The van der Waals surface area contributed by atoms with E-state index < -0.39 is 0 Å². The summed E-state index contributed by atoms with van der Waals surface area (Å²) in [5, 5.41) is 3.88. The maximum absolute atomic E-state index is 6.03. The summed E-state index contributed by atoms with van der Waals surface area (Å²) in [6.07, 6.45) is 2.75. The van der Waals surface area contributed by atoms with Gasteiger partial charge in [-0.1, -0.05) is 48.9 Å². The molecule has 0 saturated carbocycles. The van der Waals surface area contributed by atoms with E-state index in [9.17, 15) is 0 Å². The Morgan fingerprint density at radius 1 is 1.33 bits per heavy atom. The van der Waals surface area contributed by atoms with Crippen LogP contribution in [0.1, 0.15) is 18.9 Å². The standard InChI is InChI=1S/C12H13ClN2/c1-2-11-10(13)8-14-12(15-11)9-6-4-3-5-7-9/h3-8,11H,2H2,1H3,(H,14,15). The minimum absolute atomic E-state index is 0.100. The van der Waals surface area contributed by atoms with Crippen molar-refractivity contribution in [1.29, 1.82) is 0 Å². The van der Waals surface area contributed by atoms with Crippen LogP contribution >= 0.6 is 11.6 Å². The molecule has 2 nitrogen and oxygen atoms in total. The van der Waals surface area contributed by atoms with Crippen molar-refractivity contribution in [2.75, 3.05) is 0 Å². The third kappa shape index (κ3) is 2.21. The van der Waals surface area contributed by atoms with Crippen LogP contribution in [-0.2, 0) is 0 Å². The molecule has 1 atom stereocenters. The van der Waals surface area contributed by atoms with Crippen molar-refractivity contribution in [3.8, 4) is 0 Å². The van der Waals surface area contributed by atoms with E-state index in [2.05, 4.69) is 17.2 Å². The molecule has 0 aliphatic carbocycles. The van der Waals surface area contributed by atoms with Crippen molar-refractivity contribution in [3.63, 3.8) is 0 Å². The van der Waals surface area contributed by atoms with E-state index >= 15 is 0 Å². The molecule has 0 saturated heterocycles. The molecule has 78 valence electrons. The van der Waals surface area contributed by atoms with Gasteiger partial charge in [0, 0.05) is 11.8 Å². The molecular weight excluding hydrogens is 208 g/mol. The fraction of sp³-hybridized carbons (Fsp3) is 0.250. The summed E-state index contributed by atoms with van der Waals surface area (Å²) in [5.74, 6) is 0.895. The minimum atomic E-state index is 0.100. The summed E-state index contributed by atoms with van der Waals surface area (Å²) in [5.41, 5.74) is 1.09. The number of hydrogen-bond donors (Lipinski definition) is 1. The van der Waals surface area contributed by atoms with Gasteiger partial charge in [0.1, 0.15) is 5.84 Å². The maximum atomic E-state index is 6.03. The van der Waals surface area contributed by atoms with Gasteiger partial charge < -0.3 is 5.32 Å². The number of benzene rings is 1. The monoisotopic (exact) mass is 220 g/mol. The zero-order valence-corrected chi connectivity index (χ0v) is 9.33. The SMILES string of the molecule is CCC1N=C(c2ccccc2)NC=C1Cl. The van der Waals surface area contributed by atoms with Gasteiger partial charge in [-0.2, -0.15) is 0 Å². The van der Waals surface area contributed by atoms with Crippen LogP contribution < -0.4 is 5.32 Å². The molecule has 0 amide bonds. The largest absolute Gasteiger partial charge is 0.345 e. The van der Waals surface area contributed by atoms with Crippen LogP contribution in [0.3, 0.4) is 0 Å². The van der Waals surface area contributed by atoms with Gasteiger partial charge in [-0.15, -0.1) is 0 Å². The summed E-state index contributed by atoms with van der Waals surface area (Å²) >= 11 is 6.03. The van der Waals surface area contributed by atoms with Gasteiger partial charge >= 0.3 is 0 Å².